The van der Waals surface area contributed by atoms with Gasteiger partial charge in [0.15, 0.2) is 0 Å². The van der Waals surface area contributed by atoms with Gasteiger partial charge in [0.05, 0.1) is 12.3 Å². The van der Waals surface area contributed by atoms with Crippen LogP contribution in [0.15, 0.2) is 12.5 Å². The zero-order valence-corrected chi connectivity index (χ0v) is 12.3. The fraction of sp³-hybridized carbons (Fsp3) is 0.615. The van der Waals surface area contributed by atoms with E-state index in [4.69, 9.17) is 4.74 Å². The molecule has 2 rings (SSSR count). The van der Waals surface area contributed by atoms with Crippen LogP contribution in [0.5, 0.6) is 0 Å². The standard InChI is InChI=1S/C13H22N6O/c1-4-19-13(15-10-16-19)9-18-8-12(11(2)17-18)7-14-5-6-20-3/h8,10,14H,4-7,9H2,1-3H3. The third kappa shape index (κ3) is 3.64. The van der Waals surface area contributed by atoms with Crippen LogP contribution in [-0.4, -0.2) is 44.8 Å². The van der Waals surface area contributed by atoms with Gasteiger partial charge in [-0.15, -0.1) is 0 Å². The third-order valence-electron chi connectivity index (χ3n) is 3.15. The molecule has 0 unspecified atom stereocenters. The van der Waals surface area contributed by atoms with Gasteiger partial charge in [-0.05, 0) is 13.8 Å². The van der Waals surface area contributed by atoms with Crippen molar-refractivity contribution in [3.63, 3.8) is 0 Å². The molecule has 7 nitrogen and oxygen atoms in total. The van der Waals surface area contributed by atoms with E-state index in [0.29, 0.717) is 13.2 Å². The maximum absolute atomic E-state index is 5.01. The SMILES string of the molecule is CCn1ncnc1Cn1cc(CNCCOC)c(C)n1. The lowest BCUT2D eigenvalue weighted by atomic mass is 10.2. The van der Waals surface area contributed by atoms with E-state index in [1.165, 1.54) is 5.56 Å². The largest absolute Gasteiger partial charge is 0.383 e. The molecule has 0 atom stereocenters. The highest BCUT2D eigenvalue weighted by Gasteiger charge is 2.08. The minimum Gasteiger partial charge on any atom is -0.383 e. The quantitative estimate of drug-likeness (QED) is 0.716. The van der Waals surface area contributed by atoms with E-state index >= 15 is 0 Å². The lowest BCUT2D eigenvalue weighted by Gasteiger charge is -2.03. The molecule has 1 N–H and O–H groups in total. The summed E-state index contributed by atoms with van der Waals surface area (Å²) >= 11 is 0. The van der Waals surface area contributed by atoms with Crippen molar-refractivity contribution in [3.05, 3.63) is 29.6 Å². The fourth-order valence-corrected chi connectivity index (χ4v) is 2.03. The Kier molecular flexibility index (Phi) is 5.25. The van der Waals surface area contributed by atoms with Gasteiger partial charge in [-0.1, -0.05) is 0 Å². The lowest BCUT2D eigenvalue weighted by molar-refractivity contribution is 0.199. The van der Waals surface area contributed by atoms with Gasteiger partial charge in [0.2, 0.25) is 0 Å². The topological polar surface area (TPSA) is 69.8 Å². The Balaban J connectivity index is 1.96. The molecule has 2 aromatic heterocycles. The predicted molar refractivity (Wildman–Crippen MR) is 75.3 cm³/mol. The molecule has 0 saturated heterocycles. The summed E-state index contributed by atoms with van der Waals surface area (Å²) in [5, 5.41) is 12.0. The molecule has 0 aromatic carbocycles. The van der Waals surface area contributed by atoms with Crippen molar-refractivity contribution < 1.29 is 4.74 Å². The first kappa shape index (κ1) is 14.7. The molecule has 0 radical (unpaired) electrons. The molecule has 2 heterocycles. The Morgan fingerprint density at radius 1 is 1.40 bits per heavy atom. The molecular weight excluding hydrogens is 256 g/mol. The van der Waals surface area contributed by atoms with Gasteiger partial charge in [0.25, 0.3) is 0 Å². The molecule has 0 spiro atoms. The molecule has 20 heavy (non-hydrogen) atoms. The fourth-order valence-electron chi connectivity index (χ4n) is 2.03. The number of aryl methyl sites for hydroxylation is 2. The van der Waals surface area contributed by atoms with Crippen LogP contribution in [0, 0.1) is 6.92 Å². The average Bonchev–Trinajstić information content (AvgIpc) is 3.02. The summed E-state index contributed by atoms with van der Waals surface area (Å²) in [6, 6.07) is 0. The number of ether oxygens (including phenoxy) is 1. The van der Waals surface area contributed by atoms with E-state index in [-0.39, 0.29) is 0 Å². The summed E-state index contributed by atoms with van der Waals surface area (Å²) < 4.78 is 8.81. The van der Waals surface area contributed by atoms with Gasteiger partial charge >= 0.3 is 0 Å². The minimum atomic E-state index is 0.646. The molecular formula is C13H22N6O. The van der Waals surface area contributed by atoms with Crippen molar-refractivity contribution in [2.45, 2.75) is 33.5 Å². The van der Waals surface area contributed by atoms with Crippen LogP contribution in [0.3, 0.4) is 0 Å². The highest BCUT2D eigenvalue weighted by atomic mass is 16.5. The van der Waals surface area contributed by atoms with E-state index in [2.05, 4.69) is 33.6 Å². The van der Waals surface area contributed by atoms with E-state index < -0.39 is 0 Å². The Labute approximate surface area is 119 Å². The van der Waals surface area contributed by atoms with Gasteiger partial charge in [0, 0.05) is 38.5 Å². The van der Waals surface area contributed by atoms with Crippen LogP contribution in [0.25, 0.3) is 0 Å². The minimum absolute atomic E-state index is 0.646. The zero-order chi connectivity index (χ0) is 14.4. The van der Waals surface area contributed by atoms with Crippen LogP contribution in [0.1, 0.15) is 24.0 Å². The van der Waals surface area contributed by atoms with Gasteiger partial charge in [-0.2, -0.15) is 10.2 Å². The van der Waals surface area contributed by atoms with Crippen molar-refractivity contribution in [3.8, 4) is 0 Å². The Morgan fingerprint density at radius 2 is 2.25 bits per heavy atom. The van der Waals surface area contributed by atoms with Crippen molar-refractivity contribution >= 4 is 0 Å². The zero-order valence-electron chi connectivity index (χ0n) is 12.3. The summed E-state index contributed by atoms with van der Waals surface area (Å²) in [6.07, 6.45) is 3.65. The molecule has 0 saturated carbocycles. The number of hydrogen-bond donors (Lipinski definition) is 1. The Hall–Kier alpha value is -1.73. The van der Waals surface area contributed by atoms with Crippen LogP contribution >= 0.6 is 0 Å². The van der Waals surface area contributed by atoms with Crippen LogP contribution in [0.2, 0.25) is 0 Å². The summed E-state index contributed by atoms with van der Waals surface area (Å²) in [5.41, 5.74) is 2.24. The summed E-state index contributed by atoms with van der Waals surface area (Å²) in [6.45, 7) is 7.90. The normalized spacial score (nSPS) is 11.2. The number of rotatable bonds is 8. The number of nitrogens with one attached hydrogen (secondary N) is 1. The Morgan fingerprint density at radius 3 is 3.00 bits per heavy atom. The van der Waals surface area contributed by atoms with E-state index in [1.54, 1.807) is 13.4 Å². The molecule has 7 heteroatoms. The van der Waals surface area contributed by atoms with Crippen LogP contribution < -0.4 is 5.32 Å². The number of aromatic nitrogens is 5. The second kappa shape index (κ2) is 7.16. The molecule has 0 aliphatic rings. The first-order valence-electron chi connectivity index (χ1n) is 6.83. The van der Waals surface area contributed by atoms with Crippen molar-refractivity contribution in [1.82, 2.24) is 29.9 Å². The lowest BCUT2D eigenvalue weighted by Crippen LogP contribution is -2.18. The number of hydrogen-bond acceptors (Lipinski definition) is 5. The van der Waals surface area contributed by atoms with E-state index in [1.807, 2.05) is 16.3 Å². The summed E-state index contributed by atoms with van der Waals surface area (Å²) in [5.74, 6) is 0.925. The van der Waals surface area contributed by atoms with Gasteiger partial charge in [-0.3, -0.25) is 4.68 Å². The predicted octanol–water partition coefficient (Wildman–Crippen LogP) is 0.587. The molecule has 2 aromatic rings. The monoisotopic (exact) mass is 278 g/mol. The van der Waals surface area contributed by atoms with Crippen LogP contribution in [0.4, 0.5) is 0 Å². The van der Waals surface area contributed by atoms with E-state index in [0.717, 1.165) is 31.2 Å². The molecule has 0 bridgehead atoms. The Bertz CT molecular complexity index is 533. The molecule has 0 aliphatic carbocycles. The van der Waals surface area contributed by atoms with Gasteiger partial charge < -0.3 is 10.1 Å². The first-order valence-corrected chi connectivity index (χ1v) is 6.83. The summed E-state index contributed by atoms with van der Waals surface area (Å²) in [7, 11) is 1.70. The van der Waals surface area contributed by atoms with Gasteiger partial charge in [-0.25, -0.2) is 9.67 Å². The summed E-state index contributed by atoms with van der Waals surface area (Å²) in [4.78, 5) is 4.27. The number of methoxy groups -OCH3 is 1. The average molecular weight is 278 g/mol. The first-order chi connectivity index (χ1) is 9.74. The second-order valence-electron chi connectivity index (χ2n) is 4.60. The smallest absolute Gasteiger partial charge is 0.148 e. The van der Waals surface area contributed by atoms with Crippen molar-refractivity contribution in [1.29, 1.82) is 0 Å². The second-order valence-corrected chi connectivity index (χ2v) is 4.60. The highest BCUT2D eigenvalue weighted by molar-refractivity contribution is 5.15. The third-order valence-corrected chi connectivity index (χ3v) is 3.15. The van der Waals surface area contributed by atoms with Gasteiger partial charge in [0.1, 0.15) is 18.7 Å². The van der Waals surface area contributed by atoms with Crippen molar-refractivity contribution in [2.75, 3.05) is 20.3 Å². The molecule has 0 fully saturated rings. The maximum Gasteiger partial charge on any atom is 0.148 e. The molecule has 0 amide bonds. The molecule has 110 valence electrons. The highest BCUT2D eigenvalue weighted by Crippen LogP contribution is 2.07. The number of nitrogens with zero attached hydrogens (tertiary/aromatic N) is 5. The molecule has 0 aliphatic heterocycles. The van der Waals surface area contributed by atoms with Crippen LogP contribution in [-0.2, 0) is 24.4 Å². The maximum atomic E-state index is 5.01. The van der Waals surface area contributed by atoms with E-state index in [9.17, 15) is 0 Å². The van der Waals surface area contributed by atoms with Crippen molar-refractivity contribution in [2.24, 2.45) is 0 Å².